The Hall–Kier alpha value is -2.01. The van der Waals surface area contributed by atoms with Crippen LogP contribution in [0.25, 0.3) is 0 Å². The van der Waals surface area contributed by atoms with Gasteiger partial charge in [0.1, 0.15) is 11.6 Å². The molecule has 1 aromatic heterocycles. The van der Waals surface area contributed by atoms with E-state index in [1.165, 1.54) is 18.3 Å². The first kappa shape index (κ1) is 15.4. The van der Waals surface area contributed by atoms with Gasteiger partial charge in [-0.05, 0) is 18.1 Å². The van der Waals surface area contributed by atoms with E-state index < -0.39 is 11.8 Å². The Balaban J connectivity index is 2.42. The fourth-order valence-corrected chi connectivity index (χ4v) is 2.21. The summed E-state index contributed by atoms with van der Waals surface area (Å²) < 4.78 is 13.8. The molecule has 2 aromatic rings. The topological polar surface area (TPSA) is 63.1 Å². The van der Waals surface area contributed by atoms with E-state index in [4.69, 9.17) is 16.7 Å². The Morgan fingerprint density at radius 3 is 2.71 bits per heavy atom. The summed E-state index contributed by atoms with van der Waals surface area (Å²) in [6.07, 6.45) is 1.37. The fourth-order valence-electron chi connectivity index (χ4n) is 1.98. The number of benzene rings is 1. The minimum atomic E-state index is -1.07. The van der Waals surface area contributed by atoms with Gasteiger partial charge in [-0.3, -0.25) is 0 Å². The van der Waals surface area contributed by atoms with Crippen molar-refractivity contribution in [1.82, 2.24) is 9.97 Å². The van der Waals surface area contributed by atoms with Crippen LogP contribution < -0.4 is 0 Å². The number of aromatic nitrogens is 2. The van der Waals surface area contributed by atoms with Gasteiger partial charge >= 0.3 is 5.97 Å². The molecule has 4 nitrogen and oxygen atoms in total. The second kappa shape index (κ2) is 6.18. The number of hydrogen-bond acceptors (Lipinski definition) is 3. The predicted octanol–water partition coefficient (Wildman–Crippen LogP) is 3.68. The molecule has 0 fully saturated rings. The number of carboxylic acid groups (broad SMARTS) is 1. The number of nitrogens with zero attached hydrogens (tertiary/aromatic N) is 2. The van der Waals surface area contributed by atoms with Gasteiger partial charge in [0.15, 0.2) is 0 Å². The van der Waals surface area contributed by atoms with Crippen LogP contribution in [0.3, 0.4) is 0 Å². The summed E-state index contributed by atoms with van der Waals surface area (Å²) in [5.74, 6) is -1.24. The highest BCUT2D eigenvalue weighted by Gasteiger charge is 2.17. The standard InChI is InChI=1S/C15H14ClFN2O2/c1-8(2)14-10(15(20)21)7-18-13(19-14)6-9-11(16)4-3-5-12(9)17/h3-5,7-8H,6H2,1-2H3,(H,20,21). The van der Waals surface area contributed by atoms with Gasteiger partial charge in [0.2, 0.25) is 0 Å². The van der Waals surface area contributed by atoms with Crippen molar-refractivity contribution in [2.45, 2.75) is 26.2 Å². The van der Waals surface area contributed by atoms with Gasteiger partial charge in [0, 0.05) is 23.2 Å². The molecule has 0 saturated carbocycles. The molecule has 0 bridgehead atoms. The zero-order chi connectivity index (χ0) is 15.6. The molecule has 110 valence electrons. The summed E-state index contributed by atoms with van der Waals surface area (Å²) in [7, 11) is 0. The highest BCUT2D eigenvalue weighted by atomic mass is 35.5. The second-order valence-electron chi connectivity index (χ2n) is 4.92. The molecule has 0 saturated heterocycles. The molecule has 1 N–H and O–H groups in total. The zero-order valence-corrected chi connectivity index (χ0v) is 12.4. The lowest BCUT2D eigenvalue weighted by Gasteiger charge is -2.11. The van der Waals surface area contributed by atoms with Crippen molar-refractivity contribution in [2.75, 3.05) is 0 Å². The minimum Gasteiger partial charge on any atom is -0.478 e. The molecular formula is C15H14ClFN2O2. The van der Waals surface area contributed by atoms with Gasteiger partial charge in [0.25, 0.3) is 0 Å². The van der Waals surface area contributed by atoms with Crippen LogP contribution in [0.2, 0.25) is 5.02 Å². The third-order valence-corrected chi connectivity index (χ3v) is 3.40. The lowest BCUT2D eigenvalue weighted by Crippen LogP contribution is -2.11. The summed E-state index contributed by atoms with van der Waals surface area (Å²) in [5, 5.41) is 9.42. The number of carboxylic acids is 1. The van der Waals surface area contributed by atoms with Crippen LogP contribution in [0, 0.1) is 5.82 Å². The van der Waals surface area contributed by atoms with E-state index in [2.05, 4.69) is 9.97 Å². The molecule has 0 aliphatic heterocycles. The predicted molar refractivity (Wildman–Crippen MR) is 77.3 cm³/mol. The SMILES string of the molecule is CC(C)c1nc(Cc2c(F)cccc2Cl)ncc1C(=O)O. The monoisotopic (exact) mass is 308 g/mol. The first-order valence-electron chi connectivity index (χ1n) is 6.42. The molecule has 0 amide bonds. The van der Waals surface area contributed by atoms with Gasteiger partial charge in [-0.2, -0.15) is 0 Å². The third kappa shape index (κ3) is 3.36. The van der Waals surface area contributed by atoms with Gasteiger partial charge in [-0.15, -0.1) is 0 Å². The molecule has 1 aromatic carbocycles. The number of hydrogen-bond donors (Lipinski definition) is 1. The van der Waals surface area contributed by atoms with Crippen LogP contribution >= 0.6 is 11.6 Å². The van der Waals surface area contributed by atoms with E-state index in [-0.39, 0.29) is 17.9 Å². The third-order valence-electron chi connectivity index (χ3n) is 3.04. The highest BCUT2D eigenvalue weighted by molar-refractivity contribution is 6.31. The molecular weight excluding hydrogens is 295 g/mol. The maximum atomic E-state index is 13.8. The zero-order valence-electron chi connectivity index (χ0n) is 11.6. The van der Waals surface area contributed by atoms with Gasteiger partial charge in [-0.25, -0.2) is 19.2 Å². The van der Waals surface area contributed by atoms with Gasteiger partial charge in [-0.1, -0.05) is 31.5 Å². The van der Waals surface area contributed by atoms with Crippen LogP contribution in [-0.2, 0) is 6.42 Å². The molecule has 6 heteroatoms. The van der Waals surface area contributed by atoms with E-state index in [0.717, 1.165) is 0 Å². The summed E-state index contributed by atoms with van der Waals surface area (Å²) in [6, 6.07) is 4.43. The summed E-state index contributed by atoms with van der Waals surface area (Å²) in [4.78, 5) is 19.4. The summed E-state index contributed by atoms with van der Waals surface area (Å²) in [6.45, 7) is 3.68. The van der Waals surface area contributed by atoms with Crippen LogP contribution in [0.4, 0.5) is 4.39 Å². The lowest BCUT2D eigenvalue weighted by atomic mass is 10.0. The Morgan fingerprint density at radius 1 is 1.43 bits per heavy atom. The van der Waals surface area contributed by atoms with E-state index in [1.54, 1.807) is 6.07 Å². The van der Waals surface area contributed by atoms with Crippen molar-refractivity contribution in [2.24, 2.45) is 0 Å². The fraction of sp³-hybridized carbons (Fsp3) is 0.267. The van der Waals surface area contributed by atoms with E-state index in [0.29, 0.717) is 22.1 Å². The molecule has 21 heavy (non-hydrogen) atoms. The van der Waals surface area contributed by atoms with Crippen molar-refractivity contribution in [3.05, 3.63) is 57.9 Å². The number of rotatable bonds is 4. The molecule has 2 rings (SSSR count). The number of aromatic carboxylic acids is 1. The number of carbonyl (C=O) groups is 1. The quantitative estimate of drug-likeness (QED) is 0.935. The van der Waals surface area contributed by atoms with Gasteiger partial charge in [0.05, 0.1) is 11.3 Å². The molecule has 0 radical (unpaired) electrons. The van der Waals surface area contributed by atoms with Crippen LogP contribution in [-0.4, -0.2) is 21.0 Å². The summed E-state index contributed by atoms with van der Waals surface area (Å²) >= 11 is 5.97. The van der Waals surface area contributed by atoms with Crippen molar-refractivity contribution in [1.29, 1.82) is 0 Å². The number of halogens is 2. The maximum Gasteiger partial charge on any atom is 0.339 e. The molecule has 0 atom stereocenters. The van der Waals surface area contributed by atoms with Crippen molar-refractivity contribution < 1.29 is 14.3 Å². The molecule has 0 unspecified atom stereocenters. The average molecular weight is 309 g/mol. The van der Waals surface area contributed by atoms with E-state index in [1.807, 2.05) is 13.8 Å². The van der Waals surface area contributed by atoms with Crippen molar-refractivity contribution >= 4 is 17.6 Å². The maximum absolute atomic E-state index is 13.8. The Kier molecular flexibility index (Phi) is 4.53. The Bertz CT molecular complexity index is 669. The molecule has 0 spiro atoms. The van der Waals surface area contributed by atoms with E-state index in [9.17, 15) is 9.18 Å². The van der Waals surface area contributed by atoms with Crippen LogP contribution in [0.1, 0.15) is 47.2 Å². The minimum absolute atomic E-state index is 0.0633. The largest absolute Gasteiger partial charge is 0.478 e. The first-order valence-corrected chi connectivity index (χ1v) is 6.80. The van der Waals surface area contributed by atoms with E-state index >= 15 is 0 Å². The second-order valence-corrected chi connectivity index (χ2v) is 5.33. The first-order chi connectivity index (χ1) is 9.90. The van der Waals surface area contributed by atoms with Crippen molar-refractivity contribution in [3.8, 4) is 0 Å². The molecule has 0 aliphatic rings. The van der Waals surface area contributed by atoms with Crippen LogP contribution in [0.15, 0.2) is 24.4 Å². The van der Waals surface area contributed by atoms with Gasteiger partial charge < -0.3 is 5.11 Å². The summed E-state index contributed by atoms with van der Waals surface area (Å²) in [5.41, 5.74) is 0.797. The molecule has 1 heterocycles. The average Bonchev–Trinajstić information content (AvgIpc) is 2.42. The Labute approximate surface area is 126 Å². The lowest BCUT2D eigenvalue weighted by molar-refractivity contribution is 0.0694. The van der Waals surface area contributed by atoms with Crippen LogP contribution in [0.5, 0.6) is 0 Å². The molecule has 0 aliphatic carbocycles. The van der Waals surface area contributed by atoms with Crippen molar-refractivity contribution in [3.63, 3.8) is 0 Å². The normalized spacial score (nSPS) is 10.9. The smallest absolute Gasteiger partial charge is 0.339 e. The Morgan fingerprint density at radius 2 is 2.14 bits per heavy atom. The highest BCUT2D eigenvalue weighted by Crippen LogP contribution is 2.23.